The minimum Gasteiger partial charge on any atom is -0.480 e. The predicted octanol–water partition coefficient (Wildman–Crippen LogP) is 1.91. The number of nitrogens with one attached hydrogen (secondary N) is 1. The number of nitrogens with two attached hydrogens (primary N) is 1. The van der Waals surface area contributed by atoms with Crippen molar-refractivity contribution >= 4 is 24.3 Å². The summed E-state index contributed by atoms with van der Waals surface area (Å²) in [4.78, 5) is 22.3. The second-order valence-corrected chi connectivity index (χ2v) is 4.66. The van der Waals surface area contributed by atoms with Crippen LogP contribution in [0.1, 0.15) is 29.6 Å². The van der Waals surface area contributed by atoms with Crippen molar-refractivity contribution < 1.29 is 22.8 Å². The largest absolute Gasteiger partial charge is 0.480 e. The molecule has 1 atom stereocenters. The van der Waals surface area contributed by atoms with Gasteiger partial charge in [0.1, 0.15) is 11.8 Å². The lowest BCUT2D eigenvalue weighted by molar-refractivity contribution is -0.138. The normalized spacial score (nSPS) is 11.7. The number of hydrogen-bond donors (Lipinski definition) is 3. The summed E-state index contributed by atoms with van der Waals surface area (Å²) >= 11 is -0.260. The smallest absolute Gasteiger partial charge is 0.320 e. The van der Waals surface area contributed by atoms with Gasteiger partial charge in [-0.3, -0.25) is 9.59 Å². The number of rotatable bonds is 9. The number of aliphatic carboxylic acids is 1. The molecule has 0 spiro atoms. The molecule has 0 aliphatic carbocycles. The Morgan fingerprint density at radius 3 is 2.57 bits per heavy atom. The molecule has 0 heterocycles. The molecule has 0 saturated carbocycles. The lowest BCUT2D eigenvalue weighted by Crippen LogP contribution is -2.30. The van der Waals surface area contributed by atoms with Crippen molar-refractivity contribution in [3.05, 3.63) is 29.8 Å². The Hall–Kier alpha value is -1.80. The SMILES string of the molecule is NC(CCCCNC(=O)c1ccc(OSF)cc1)C(=O)O. The average molecular weight is 316 g/mol. The van der Waals surface area contributed by atoms with Crippen LogP contribution >= 0.6 is 12.4 Å². The van der Waals surface area contributed by atoms with Crippen LogP contribution in [0.15, 0.2) is 24.3 Å². The Morgan fingerprint density at radius 1 is 1.33 bits per heavy atom. The van der Waals surface area contributed by atoms with E-state index in [0.29, 0.717) is 37.1 Å². The van der Waals surface area contributed by atoms with Crippen LogP contribution in [0, 0.1) is 0 Å². The van der Waals surface area contributed by atoms with E-state index in [1.54, 1.807) is 0 Å². The van der Waals surface area contributed by atoms with Crippen LogP contribution in [0.2, 0.25) is 0 Å². The number of halogens is 1. The first-order valence-corrected chi connectivity index (χ1v) is 7.00. The molecule has 0 fully saturated rings. The lowest BCUT2D eigenvalue weighted by atomic mass is 10.1. The maximum atomic E-state index is 11.9. The number of carboxylic acid groups (broad SMARTS) is 1. The van der Waals surface area contributed by atoms with Crippen molar-refractivity contribution in [2.45, 2.75) is 25.3 Å². The van der Waals surface area contributed by atoms with Gasteiger partial charge in [-0.2, -0.15) is 0 Å². The van der Waals surface area contributed by atoms with E-state index < -0.39 is 12.0 Å². The molecule has 0 aliphatic rings. The molecule has 0 radical (unpaired) electrons. The van der Waals surface area contributed by atoms with Crippen LogP contribution in [-0.2, 0) is 4.79 Å². The average Bonchev–Trinajstić information content (AvgIpc) is 2.47. The number of carbonyl (C=O) groups is 2. The zero-order valence-electron chi connectivity index (χ0n) is 11.3. The maximum absolute atomic E-state index is 11.9. The third kappa shape index (κ3) is 6.46. The van der Waals surface area contributed by atoms with Gasteiger partial charge in [0, 0.05) is 12.1 Å². The molecule has 1 amide bonds. The maximum Gasteiger partial charge on any atom is 0.320 e. The van der Waals surface area contributed by atoms with Crippen LogP contribution in [0.3, 0.4) is 0 Å². The zero-order valence-corrected chi connectivity index (χ0v) is 12.1. The highest BCUT2D eigenvalue weighted by molar-refractivity contribution is 7.89. The number of carbonyl (C=O) groups excluding carboxylic acids is 1. The molecule has 0 saturated heterocycles. The van der Waals surface area contributed by atoms with Crippen molar-refractivity contribution in [2.75, 3.05) is 6.54 Å². The fraction of sp³-hybridized carbons (Fsp3) is 0.385. The minimum atomic E-state index is -1.02. The van der Waals surface area contributed by atoms with Gasteiger partial charge in [0.2, 0.25) is 0 Å². The molecule has 0 aromatic heterocycles. The number of carboxylic acids is 1. The third-order valence-electron chi connectivity index (χ3n) is 2.79. The molecule has 0 bridgehead atoms. The first-order chi connectivity index (χ1) is 10.0. The van der Waals surface area contributed by atoms with Gasteiger partial charge >= 0.3 is 5.97 Å². The second-order valence-electron chi connectivity index (χ2n) is 4.37. The molecular weight excluding hydrogens is 299 g/mol. The van der Waals surface area contributed by atoms with Crippen LogP contribution in [-0.4, -0.2) is 29.6 Å². The summed E-state index contributed by atoms with van der Waals surface area (Å²) < 4.78 is 16.4. The van der Waals surface area contributed by atoms with Gasteiger partial charge in [0.25, 0.3) is 18.3 Å². The van der Waals surface area contributed by atoms with Gasteiger partial charge in [0.05, 0.1) is 0 Å². The summed E-state index contributed by atoms with van der Waals surface area (Å²) in [6.45, 7) is 0.434. The van der Waals surface area contributed by atoms with Crippen LogP contribution in [0.5, 0.6) is 5.75 Å². The topological polar surface area (TPSA) is 102 Å². The quantitative estimate of drug-likeness (QED) is 0.475. The highest BCUT2D eigenvalue weighted by Gasteiger charge is 2.10. The Balaban J connectivity index is 2.26. The highest BCUT2D eigenvalue weighted by atomic mass is 32.2. The highest BCUT2D eigenvalue weighted by Crippen LogP contribution is 2.17. The van der Waals surface area contributed by atoms with Crippen LogP contribution < -0.4 is 15.2 Å². The number of benzene rings is 1. The van der Waals surface area contributed by atoms with Gasteiger partial charge < -0.3 is 20.3 Å². The van der Waals surface area contributed by atoms with Gasteiger partial charge in [-0.05, 0) is 43.5 Å². The Labute approximate surface area is 126 Å². The summed E-state index contributed by atoms with van der Waals surface area (Å²) in [7, 11) is 0. The lowest BCUT2D eigenvalue weighted by Gasteiger charge is -2.07. The Kier molecular flexibility index (Phi) is 7.55. The fourth-order valence-corrected chi connectivity index (χ4v) is 1.80. The molecule has 1 aromatic carbocycles. The van der Waals surface area contributed by atoms with E-state index in [-0.39, 0.29) is 18.3 Å². The Bertz CT molecular complexity index is 470. The van der Waals surface area contributed by atoms with Crippen molar-refractivity contribution in [1.29, 1.82) is 0 Å². The summed E-state index contributed by atoms with van der Waals surface area (Å²) in [5, 5.41) is 11.3. The molecule has 21 heavy (non-hydrogen) atoms. The molecular formula is C13H17FN2O4S. The number of unbranched alkanes of at least 4 members (excludes halogenated alkanes) is 1. The molecule has 1 aromatic rings. The van der Waals surface area contributed by atoms with Gasteiger partial charge in [-0.15, -0.1) is 3.89 Å². The minimum absolute atomic E-state index is 0.253. The molecule has 1 rings (SSSR count). The van der Waals surface area contributed by atoms with Crippen molar-refractivity contribution in [2.24, 2.45) is 5.73 Å². The second kappa shape index (κ2) is 9.19. The molecule has 0 aliphatic heterocycles. The number of hydrogen-bond acceptors (Lipinski definition) is 5. The van der Waals surface area contributed by atoms with Crippen molar-refractivity contribution in [3.63, 3.8) is 0 Å². The molecule has 116 valence electrons. The van der Waals surface area contributed by atoms with Gasteiger partial charge in [0.15, 0.2) is 0 Å². The fourth-order valence-electron chi connectivity index (χ4n) is 1.61. The van der Waals surface area contributed by atoms with Crippen molar-refractivity contribution in [1.82, 2.24) is 5.32 Å². The van der Waals surface area contributed by atoms with Crippen LogP contribution in [0.4, 0.5) is 3.89 Å². The molecule has 4 N–H and O–H groups in total. The van der Waals surface area contributed by atoms with E-state index in [1.165, 1.54) is 24.3 Å². The van der Waals surface area contributed by atoms with Gasteiger partial charge in [-0.1, -0.05) is 0 Å². The third-order valence-corrected chi connectivity index (χ3v) is 3.04. The monoisotopic (exact) mass is 316 g/mol. The summed E-state index contributed by atoms with van der Waals surface area (Å²) in [5.74, 6) is -0.952. The molecule has 1 unspecified atom stereocenters. The van der Waals surface area contributed by atoms with Gasteiger partial charge in [-0.25, -0.2) is 0 Å². The summed E-state index contributed by atoms with van der Waals surface area (Å²) in [6, 6.07) is 5.19. The van der Waals surface area contributed by atoms with E-state index >= 15 is 0 Å². The number of amides is 1. The van der Waals surface area contributed by atoms with E-state index in [2.05, 4.69) is 9.50 Å². The Morgan fingerprint density at radius 2 is 2.00 bits per heavy atom. The predicted molar refractivity (Wildman–Crippen MR) is 77.6 cm³/mol. The first-order valence-electron chi connectivity index (χ1n) is 6.36. The van der Waals surface area contributed by atoms with Crippen molar-refractivity contribution in [3.8, 4) is 5.75 Å². The first kappa shape index (κ1) is 17.3. The van der Waals surface area contributed by atoms with E-state index in [9.17, 15) is 13.5 Å². The molecule has 6 nitrogen and oxygen atoms in total. The van der Waals surface area contributed by atoms with E-state index in [0.717, 1.165) is 0 Å². The van der Waals surface area contributed by atoms with E-state index in [4.69, 9.17) is 10.8 Å². The summed E-state index contributed by atoms with van der Waals surface area (Å²) in [5.41, 5.74) is 5.80. The summed E-state index contributed by atoms with van der Waals surface area (Å²) in [6.07, 6.45) is 1.64. The standard InChI is InChI=1S/C13H17FN2O4S/c14-21-20-10-6-4-9(5-7-10)12(17)16-8-2-1-3-11(15)13(18)19/h4-7,11H,1-3,8,15H2,(H,16,17)(H,18,19). The van der Waals surface area contributed by atoms with E-state index in [1.807, 2.05) is 0 Å². The molecule has 8 heteroatoms. The zero-order chi connectivity index (χ0) is 15.7. The van der Waals surface area contributed by atoms with Crippen LogP contribution in [0.25, 0.3) is 0 Å².